The fourth-order valence-electron chi connectivity index (χ4n) is 6.82. The fourth-order valence-corrected chi connectivity index (χ4v) is 6.82. The summed E-state index contributed by atoms with van der Waals surface area (Å²) in [4.78, 5) is 4.11. The molecule has 0 aliphatic heterocycles. The Bertz CT molecular complexity index is 1440. The van der Waals surface area contributed by atoms with E-state index in [-0.39, 0.29) is 0 Å². The van der Waals surface area contributed by atoms with Gasteiger partial charge in [0.2, 0.25) is 0 Å². The Kier molecular flexibility index (Phi) is 7.08. The summed E-state index contributed by atoms with van der Waals surface area (Å²) in [5.41, 5.74) is 9.28. The highest BCUT2D eigenvalue weighted by Crippen LogP contribution is 2.39. The molecule has 0 unspecified atom stereocenters. The Labute approximate surface area is 237 Å². The summed E-state index contributed by atoms with van der Waals surface area (Å²) < 4.78 is 0. The van der Waals surface area contributed by atoms with Crippen molar-refractivity contribution in [2.45, 2.75) is 76.0 Å². The van der Waals surface area contributed by atoms with Gasteiger partial charge in [-0.3, -0.25) is 0 Å². The van der Waals surface area contributed by atoms with Crippen LogP contribution in [0.15, 0.2) is 97.1 Å². The average molecular weight is 527 g/mol. The van der Waals surface area contributed by atoms with Gasteiger partial charge < -0.3 is 4.90 Å². The van der Waals surface area contributed by atoms with E-state index >= 15 is 0 Å². The predicted octanol–water partition coefficient (Wildman–Crippen LogP) is 9.99. The minimum atomic E-state index is 0.711. The Morgan fingerprint density at radius 3 is 1.30 bits per heavy atom. The van der Waals surface area contributed by atoms with Crippen LogP contribution in [0, 0.1) is 0 Å². The molecule has 0 saturated heterocycles. The molecule has 202 valence electrons. The Balaban J connectivity index is 1.21. The number of anilines is 3. The van der Waals surface area contributed by atoms with Crippen molar-refractivity contribution in [2.24, 2.45) is 0 Å². The van der Waals surface area contributed by atoms with Crippen LogP contribution in [-0.2, 0) is 0 Å². The van der Waals surface area contributed by atoms with Crippen molar-refractivity contribution in [3.8, 4) is 5.69 Å². The van der Waals surface area contributed by atoms with E-state index in [1.165, 1.54) is 86.7 Å². The van der Waals surface area contributed by atoms with E-state index in [4.69, 9.17) is 0 Å². The van der Waals surface area contributed by atoms with Crippen molar-refractivity contribution in [1.29, 1.82) is 0 Å². The van der Waals surface area contributed by atoms with E-state index in [2.05, 4.69) is 87.9 Å². The number of fused-ring (bicyclic) bond motifs is 1. The van der Waals surface area contributed by atoms with E-state index in [1.807, 2.05) is 24.3 Å². The molecule has 4 aromatic carbocycles. The molecule has 0 spiro atoms. The van der Waals surface area contributed by atoms with E-state index < -0.39 is 0 Å². The SMILES string of the molecule is c1ccc2nn(-c3ccc(N(c4ccc(C5CCCCC5)cc4)c4ccc(C5CCCCC5)cc4)cc3)nc2c1. The molecular formula is C36H38N4. The van der Waals surface area contributed by atoms with Crippen molar-refractivity contribution in [2.75, 3.05) is 4.90 Å². The first-order valence-corrected chi connectivity index (χ1v) is 15.2. The highest BCUT2D eigenvalue weighted by Gasteiger charge is 2.19. The standard InChI is InChI=1S/C36H38N4/c1-3-9-27(10-4-1)29-15-19-31(20-16-29)39(32-21-17-30(18-22-32)28-11-5-2-6-12-28)33-23-25-34(26-24-33)40-37-35-13-7-8-14-36(35)38-40/h7-8,13-28H,1-6,9-12H2. The number of benzene rings is 4. The predicted molar refractivity (Wildman–Crippen MR) is 165 cm³/mol. The zero-order chi connectivity index (χ0) is 26.7. The van der Waals surface area contributed by atoms with Gasteiger partial charge in [0.15, 0.2) is 0 Å². The molecular weight excluding hydrogens is 488 g/mol. The molecule has 2 saturated carbocycles. The minimum absolute atomic E-state index is 0.711. The van der Waals surface area contributed by atoms with Crippen LogP contribution < -0.4 is 4.90 Å². The molecule has 2 aliphatic rings. The normalized spacial score (nSPS) is 16.8. The van der Waals surface area contributed by atoms with E-state index in [1.54, 1.807) is 4.80 Å². The highest BCUT2D eigenvalue weighted by atomic mass is 15.5. The first-order chi connectivity index (χ1) is 19.8. The summed E-state index contributed by atoms with van der Waals surface area (Å²) in [6.07, 6.45) is 13.5. The number of hydrogen-bond donors (Lipinski definition) is 0. The van der Waals surface area contributed by atoms with Crippen LogP contribution in [0.3, 0.4) is 0 Å². The summed E-state index contributed by atoms with van der Waals surface area (Å²) in [7, 11) is 0. The summed E-state index contributed by atoms with van der Waals surface area (Å²) in [5.74, 6) is 1.42. The van der Waals surface area contributed by atoms with Crippen LogP contribution in [0.5, 0.6) is 0 Å². The van der Waals surface area contributed by atoms with Crippen LogP contribution >= 0.6 is 0 Å². The number of rotatable bonds is 6. The van der Waals surface area contributed by atoms with Crippen molar-refractivity contribution in [3.05, 3.63) is 108 Å². The Morgan fingerprint density at radius 1 is 0.475 bits per heavy atom. The summed E-state index contributed by atoms with van der Waals surface area (Å²) in [5, 5.41) is 9.35. The third-order valence-corrected chi connectivity index (χ3v) is 9.08. The maximum absolute atomic E-state index is 4.67. The van der Waals surface area contributed by atoms with Gasteiger partial charge in [-0.15, -0.1) is 10.2 Å². The van der Waals surface area contributed by atoms with E-state index in [9.17, 15) is 0 Å². The molecule has 4 nitrogen and oxygen atoms in total. The molecule has 0 bridgehead atoms. The maximum Gasteiger partial charge on any atom is 0.113 e. The summed E-state index contributed by atoms with van der Waals surface area (Å²) in [6, 6.07) is 35.3. The second kappa shape index (κ2) is 11.3. The van der Waals surface area contributed by atoms with Gasteiger partial charge in [0.1, 0.15) is 11.0 Å². The van der Waals surface area contributed by atoms with Gasteiger partial charge in [-0.1, -0.05) is 74.9 Å². The topological polar surface area (TPSA) is 34.0 Å². The minimum Gasteiger partial charge on any atom is -0.311 e. The molecule has 1 heterocycles. The lowest BCUT2D eigenvalue weighted by molar-refractivity contribution is 0.443. The smallest absolute Gasteiger partial charge is 0.113 e. The zero-order valence-corrected chi connectivity index (χ0v) is 23.3. The van der Waals surface area contributed by atoms with Crippen molar-refractivity contribution < 1.29 is 0 Å². The van der Waals surface area contributed by atoms with Gasteiger partial charge >= 0.3 is 0 Å². The molecule has 2 aliphatic carbocycles. The number of nitrogens with zero attached hydrogens (tertiary/aromatic N) is 4. The second-order valence-electron chi connectivity index (χ2n) is 11.7. The van der Waals surface area contributed by atoms with Gasteiger partial charge in [0.25, 0.3) is 0 Å². The molecule has 2 fully saturated rings. The lowest BCUT2D eigenvalue weighted by Gasteiger charge is -2.28. The first-order valence-electron chi connectivity index (χ1n) is 15.2. The van der Waals surface area contributed by atoms with Gasteiger partial charge in [-0.05, 0) is 109 Å². The second-order valence-corrected chi connectivity index (χ2v) is 11.7. The third-order valence-electron chi connectivity index (χ3n) is 9.08. The van der Waals surface area contributed by atoms with Crippen molar-refractivity contribution >= 4 is 28.1 Å². The fraction of sp³-hybridized carbons (Fsp3) is 0.333. The van der Waals surface area contributed by atoms with E-state index in [0.29, 0.717) is 11.8 Å². The van der Waals surface area contributed by atoms with Crippen LogP contribution in [0.4, 0.5) is 17.1 Å². The molecule has 0 radical (unpaired) electrons. The van der Waals surface area contributed by atoms with Gasteiger partial charge in [0.05, 0.1) is 5.69 Å². The molecule has 4 heteroatoms. The molecule has 0 atom stereocenters. The Morgan fingerprint density at radius 2 is 0.875 bits per heavy atom. The lowest BCUT2D eigenvalue weighted by Crippen LogP contribution is -2.11. The summed E-state index contributed by atoms with van der Waals surface area (Å²) >= 11 is 0. The third kappa shape index (κ3) is 5.15. The molecule has 0 amide bonds. The van der Waals surface area contributed by atoms with Crippen LogP contribution in [0.2, 0.25) is 0 Å². The zero-order valence-electron chi connectivity index (χ0n) is 23.3. The molecule has 5 aromatic rings. The number of hydrogen-bond acceptors (Lipinski definition) is 3. The largest absolute Gasteiger partial charge is 0.311 e. The van der Waals surface area contributed by atoms with Gasteiger partial charge in [-0.2, -0.15) is 4.80 Å². The van der Waals surface area contributed by atoms with E-state index in [0.717, 1.165) is 22.4 Å². The monoisotopic (exact) mass is 526 g/mol. The highest BCUT2D eigenvalue weighted by molar-refractivity contribution is 5.77. The number of aromatic nitrogens is 3. The first kappa shape index (κ1) is 25.1. The average Bonchev–Trinajstić information content (AvgIpc) is 3.48. The molecule has 0 N–H and O–H groups in total. The molecule has 40 heavy (non-hydrogen) atoms. The van der Waals surface area contributed by atoms with Crippen LogP contribution in [0.25, 0.3) is 16.7 Å². The van der Waals surface area contributed by atoms with Gasteiger partial charge in [-0.25, -0.2) is 0 Å². The maximum atomic E-state index is 4.67. The van der Waals surface area contributed by atoms with Crippen molar-refractivity contribution in [3.63, 3.8) is 0 Å². The molecule has 7 rings (SSSR count). The van der Waals surface area contributed by atoms with Crippen LogP contribution in [-0.4, -0.2) is 15.0 Å². The van der Waals surface area contributed by atoms with Crippen molar-refractivity contribution in [1.82, 2.24) is 15.0 Å². The van der Waals surface area contributed by atoms with Crippen LogP contribution in [0.1, 0.15) is 87.2 Å². The molecule has 1 aromatic heterocycles. The van der Waals surface area contributed by atoms with Gasteiger partial charge in [0, 0.05) is 17.1 Å². The quantitative estimate of drug-likeness (QED) is 0.221. The summed E-state index contributed by atoms with van der Waals surface area (Å²) in [6.45, 7) is 0. The lowest BCUT2D eigenvalue weighted by atomic mass is 9.84. The Hall–Kier alpha value is -3.92.